The zero-order valence-electron chi connectivity index (χ0n) is 31.9. The van der Waals surface area contributed by atoms with Gasteiger partial charge >= 0.3 is 0 Å². The van der Waals surface area contributed by atoms with Gasteiger partial charge in [-0.05, 0) is 83.2 Å². The van der Waals surface area contributed by atoms with Gasteiger partial charge in [-0.3, -0.25) is 4.98 Å². The zero-order chi connectivity index (χ0) is 38.8. The standard InChI is InChI=1S/C54H36N4/c1-36-17-22-45-31-32-47-48(34-49(42-13-7-3-8-14-42)56-53(47)52(45)55-36)41-23-18-37(19-24-41)33-38-20-25-46(26-21-38)54-57-50(43-15-9-4-10-16-43)35-51(58-54)44-29-27-40(28-30-44)39-11-5-2-6-12-39/h3-5,7-32,34-35H,33H2,1H3. The molecule has 0 spiro atoms. The minimum Gasteiger partial charge on any atom is -0.251 e. The van der Waals surface area contributed by atoms with Gasteiger partial charge in [-0.25, -0.2) is 15.0 Å². The van der Waals surface area contributed by atoms with Gasteiger partial charge in [0.1, 0.15) is 0 Å². The highest BCUT2D eigenvalue weighted by molar-refractivity contribution is 6.09. The van der Waals surface area contributed by atoms with Gasteiger partial charge in [-0.2, -0.15) is 0 Å². The highest BCUT2D eigenvalue weighted by atomic mass is 14.9. The molecule has 0 atom stereocenters. The molecule has 0 fully saturated rings. The topological polar surface area (TPSA) is 51.6 Å². The number of allylic oxidation sites excluding steroid dienone is 4. The van der Waals surface area contributed by atoms with E-state index in [0.29, 0.717) is 5.82 Å². The lowest BCUT2D eigenvalue weighted by atomic mass is 9.95. The minimum absolute atomic E-state index is 0.696. The van der Waals surface area contributed by atoms with E-state index in [2.05, 4.69) is 157 Å². The Morgan fingerprint density at radius 1 is 0.448 bits per heavy atom. The van der Waals surface area contributed by atoms with Gasteiger partial charge in [0.25, 0.3) is 0 Å². The van der Waals surface area contributed by atoms with Crippen LogP contribution in [-0.2, 0) is 6.42 Å². The van der Waals surface area contributed by atoms with Crippen LogP contribution >= 0.6 is 0 Å². The molecule has 0 unspecified atom stereocenters. The summed E-state index contributed by atoms with van der Waals surface area (Å²) in [5, 5.41) is 2.18. The fourth-order valence-electron chi connectivity index (χ4n) is 7.62. The summed E-state index contributed by atoms with van der Waals surface area (Å²) in [6.45, 7) is 2.03. The first-order valence-electron chi connectivity index (χ1n) is 19.5. The molecular formula is C54H36N4. The molecule has 4 heteroatoms. The number of aromatic nitrogens is 4. The fraction of sp³-hybridized carbons (Fsp3) is 0.0370. The lowest BCUT2D eigenvalue weighted by molar-refractivity contribution is 1.17. The van der Waals surface area contributed by atoms with Gasteiger partial charge in [-0.15, -0.1) is 0 Å². The van der Waals surface area contributed by atoms with Crippen molar-refractivity contribution in [2.45, 2.75) is 13.3 Å². The number of rotatable bonds is 8. The Labute approximate surface area is 337 Å². The van der Waals surface area contributed by atoms with Gasteiger partial charge < -0.3 is 0 Å². The maximum absolute atomic E-state index is 5.18. The molecule has 0 radical (unpaired) electrons. The predicted octanol–water partition coefficient (Wildman–Crippen LogP) is 13.1. The van der Waals surface area contributed by atoms with E-state index < -0.39 is 0 Å². The van der Waals surface area contributed by atoms with Gasteiger partial charge in [0, 0.05) is 38.7 Å². The van der Waals surface area contributed by atoms with Gasteiger partial charge in [-0.1, -0.05) is 163 Å². The van der Waals surface area contributed by atoms with Crippen LogP contribution < -0.4 is 0 Å². The summed E-state index contributed by atoms with van der Waals surface area (Å²) >= 11 is 0. The molecule has 6 aromatic carbocycles. The summed E-state index contributed by atoms with van der Waals surface area (Å²) in [5.74, 6) is 0.696. The first kappa shape index (κ1) is 34.7. The Hall–Kier alpha value is -7.74. The minimum atomic E-state index is 0.696. The Kier molecular flexibility index (Phi) is 9.02. The highest BCUT2D eigenvalue weighted by Crippen LogP contribution is 2.36. The van der Waals surface area contributed by atoms with Crippen molar-refractivity contribution in [3.05, 3.63) is 222 Å². The molecule has 9 aromatic rings. The Bertz CT molecular complexity index is 3120. The summed E-state index contributed by atoms with van der Waals surface area (Å²) in [6.07, 6.45) is 6.70. The average Bonchev–Trinajstić information content (AvgIpc) is 3.30. The number of hydrogen-bond donors (Lipinski definition) is 0. The Morgan fingerprint density at radius 2 is 1.02 bits per heavy atom. The molecule has 58 heavy (non-hydrogen) atoms. The van der Waals surface area contributed by atoms with Crippen LogP contribution in [0.25, 0.3) is 83.7 Å². The molecule has 1 aliphatic carbocycles. The molecule has 0 N–H and O–H groups in total. The first-order chi connectivity index (χ1) is 28.6. The normalized spacial score (nSPS) is 12.0. The summed E-state index contributed by atoms with van der Waals surface area (Å²) < 4.78 is 0. The van der Waals surface area contributed by atoms with Gasteiger partial charge in [0.2, 0.25) is 0 Å². The Morgan fingerprint density at radius 3 is 1.66 bits per heavy atom. The second-order valence-electron chi connectivity index (χ2n) is 14.6. The third-order valence-electron chi connectivity index (χ3n) is 10.7. The van der Waals surface area contributed by atoms with E-state index in [1.165, 1.54) is 11.1 Å². The van der Waals surface area contributed by atoms with E-state index in [-0.39, 0.29) is 0 Å². The molecule has 3 heterocycles. The number of benzene rings is 6. The third kappa shape index (κ3) is 6.98. The predicted molar refractivity (Wildman–Crippen MR) is 238 cm³/mol. The van der Waals surface area contributed by atoms with Crippen LogP contribution in [0, 0.1) is 6.92 Å². The molecule has 0 saturated carbocycles. The van der Waals surface area contributed by atoms with E-state index >= 15 is 0 Å². The number of hydrogen-bond acceptors (Lipinski definition) is 4. The summed E-state index contributed by atoms with van der Waals surface area (Å²) in [5.41, 5.74) is 22.7. The van der Waals surface area contributed by atoms with Crippen molar-refractivity contribution in [3.8, 4) is 56.3 Å². The van der Waals surface area contributed by atoms with Crippen molar-refractivity contribution >= 4 is 27.4 Å². The highest BCUT2D eigenvalue weighted by Gasteiger charge is 2.15. The van der Waals surface area contributed by atoms with Crippen LogP contribution in [0.3, 0.4) is 0 Å². The summed E-state index contributed by atoms with van der Waals surface area (Å²) in [4.78, 5) is 20.3. The molecule has 0 aliphatic heterocycles. The van der Waals surface area contributed by atoms with Gasteiger partial charge in [0.05, 0.1) is 28.1 Å². The monoisotopic (exact) mass is 740 g/mol. The van der Waals surface area contributed by atoms with Crippen LogP contribution in [-0.4, -0.2) is 19.9 Å². The number of fused-ring (bicyclic) bond motifs is 3. The second kappa shape index (κ2) is 15.1. The molecule has 1 aliphatic rings. The maximum Gasteiger partial charge on any atom is 0.160 e. The molecule has 3 aromatic heterocycles. The molecule has 272 valence electrons. The third-order valence-corrected chi connectivity index (χ3v) is 10.7. The van der Waals surface area contributed by atoms with Crippen molar-refractivity contribution in [2.75, 3.05) is 0 Å². The van der Waals surface area contributed by atoms with Crippen LogP contribution in [0.1, 0.15) is 22.4 Å². The van der Waals surface area contributed by atoms with Crippen LogP contribution in [0.4, 0.5) is 0 Å². The summed E-state index contributed by atoms with van der Waals surface area (Å²) in [7, 11) is 0. The number of aryl methyl sites for hydroxylation is 1. The van der Waals surface area contributed by atoms with E-state index in [4.69, 9.17) is 19.9 Å². The van der Waals surface area contributed by atoms with Crippen molar-refractivity contribution in [3.63, 3.8) is 0 Å². The lowest BCUT2D eigenvalue weighted by Crippen LogP contribution is -1.96. The fourth-order valence-corrected chi connectivity index (χ4v) is 7.62. The lowest BCUT2D eigenvalue weighted by Gasteiger charge is -2.13. The smallest absolute Gasteiger partial charge is 0.160 e. The molecule has 0 saturated heterocycles. The van der Waals surface area contributed by atoms with Gasteiger partial charge in [0.15, 0.2) is 5.82 Å². The van der Waals surface area contributed by atoms with Crippen LogP contribution in [0.2, 0.25) is 0 Å². The molecule has 0 bridgehead atoms. The van der Waals surface area contributed by atoms with E-state index in [9.17, 15) is 0 Å². The molecular weight excluding hydrogens is 705 g/mol. The molecule has 4 nitrogen and oxygen atoms in total. The van der Waals surface area contributed by atoms with E-state index in [1.807, 2.05) is 49.4 Å². The number of nitrogens with zero attached hydrogens (tertiary/aromatic N) is 4. The van der Waals surface area contributed by atoms with E-state index in [1.54, 1.807) is 0 Å². The quantitative estimate of drug-likeness (QED) is 0.115. The van der Waals surface area contributed by atoms with Crippen LogP contribution in [0.15, 0.2) is 200 Å². The Balaban J connectivity index is 0.944. The van der Waals surface area contributed by atoms with E-state index in [0.717, 1.165) is 95.5 Å². The SMILES string of the molecule is Cc1ccc2ccc3c(-c4ccc(Cc5ccc(-c6nc(-c7ccccc7)cc(-c7ccc(C8=CC=C=C=C8)cc7)n6)cc5)cc4)cc(-c4ccccc4)nc3c2n1. The van der Waals surface area contributed by atoms with Crippen molar-refractivity contribution in [2.24, 2.45) is 0 Å². The molecule has 10 rings (SSSR count). The maximum atomic E-state index is 5.18. The van der Waals surface area contributed by atoms with Crippen LogP contribution in [0.5, 0.6) is 0 Å². The largest absolute Gasteiger partial charge is 0.251 e. The zero-order valence-corrected chi connectivity index (χ0v) is 31.9. The second-order valence-corrected chi connectivity index (χ2v) is 14.6. The molecule has 0 amide bonds. The summed E-state index contributed by atoms with van der Waals surface area (Å²) in [6, 6.07) is 59.6. The average molecular weight is 741 g/mol. The van der Waals surface area contributed by atoms with Crippen molar-refractivity contribution in [1.29, 1.82) is 0 Å². The number of pyridine rings is 2. The first-order valence-corrected chi connectivity index (χ1v) is 19.5. The van der Waals surface area contributed by atoms with Crippen molar-refractivity contribution < 1.29 is 0 Å². The van der Waals surface area contributed by atoms with Crippen molar-refractivity contribution in [1.82, 2.24) is 19.9 Å².